The number of amides is 1. The van der Waals surface area contributed by atoms with Crippen LogP contribution in [-0.4, -0.2) is 54.5 Å². The van der Waals surface area contributed by atoms with E-state index in [4.69, 9.17) is 4.74 Å². The Morgan fingerprint density at radius 3 is 2.38 bits per heavy atom. The van der Waals surface area contributed by atoms with E-state index in [0.29, 0.717) is 53.7 Å². The topological polar surface area (TPSA) is 96.3 Å². The lowest BCUT2D eigenvalue weighted by atomic mass is 9.90. The molecule has 1 aliphatic rings. The maximum atomic E-state index is 13.2. The number of alkyl halides is 3. The van der Waals surface area contributed by atoms with Crippen molar-refractivity contribution in [3.05, 3.63) is 59.7 Å². The number of imidazole rings is 1. The van der Waals surface area contributed by atoms with Crippen LogP contribution in [0.4, 0.5) is 18.0 Å². The number of likely N-dealkylation sites (tertiary alicyclic amines) is 1. The van der Waals surface area contributed by atoms with Crippen molar-refractivity contribution in [2.45, 2.75) is 58.2 Å². The van der Waals surface area contributed by atoms with Gasteiger partial charge >= 0.3 is 12.3 Å². The third-order valence-corrected chi connectivity index (χ3v) is 7.09. The van der Waals surface area contributed by atoms with E-state index in [1.165, 1.54) is 16.8 Å². The Labute approximate surface area is 229 Å². The minimum Gasteiger partial charge on any atom is -0.493 e. The fourth-order valence-corrected chi connectivity index (χ4v) is 4.99. The Morgan fingerprint density at radius 1 is 1.07 bits per heavy atom. The number of nitrogens with zero attached hydrogens (tertiary/aromatic N) is 4. The summed E-state index contributed by atoms with van der Waals surface area (Å²) in [4.78, 5) is 21.8. The lowest BCUT2D eigenvalue weighted by molar-refractivity contribution is -0.137. The molecule has 0 atom stereocenters. The lowest BCUT2D eigenvalue weighted by Gasteiger charge is -2.33. The molecule has 2 N–H and O–H groups in total. The summed E-state index contributed by atoms with van der Waals surface area (Å²) < 4.78 is 46.3. The second kappa shape index (κ2) is 10.5. The molecule has 0 unspecified atom stereocenters. The SMILES string of the molecule is CC(C)(C)OC(=O)N1CCC(CCc2c(-c3ccc(C(F)(F)F)cc3)nn(-c3nc4ccccc4[nH]3)c2O)CC1. The van der Waals surface area contributed by atoms with Gasteiger partial charge in [-0.05, 0) is 76.6 Å². The molecule has 0 aliphatic carbocycles. The van der Waals surface area contributed by atoms with Crippen LogP contribution in [0.15, 0.2) is 48.5 Å². The van der Waals surface area contributed by atoms with Crippen LogP contribution in [0, 0.1) is 5.92 Å². The van der Waals surface area contributed by atoms with Crippen molar-refractivity contribution in [3.8, 4) is 23.1 Å². The number of fused-ring (bicyclic) bond motifs is 1. The summed E-state index contributed by atoms with van der Waals surface area (Å²) in [6.07, 6.45) is -2.03. The Bertz CT molecular complexity index is 1460. The lowest BCUT2D eigenvalue weighted by Crippen LogP contribution is -2.41. The first kappa shape index (κ1) is 27.5. The van der Waals surface area contributed by atoms with Crippen molar-refractivity contribution in [1.29, 1.82) is 0 Å². The van der Waals surface area contributed by atoms with Gasteiger partial charge in [0.1, 0.15) is 11.3 Å². The van der Waals surface area contributed by atoms with Crippen LogP contribution in [0.25, 0.3) is 28.2 Å². The van der Waals surface area contributed by atoms with Gasteiger partial charge < -0.3 is 19.7 Å². The van der Waals surface area contributed by atoms with E-state index in [0.717, 1.165) is 36.9 Å². The van der Waals surface area contributed by atoms with Crippen LogP contribution in [0.5, 0.6) is 5.88 Å². The van der Waals surface area contributed by atoms with Gasteiger partial charge in [0.05, 0.1) is 16.6 Å². The molecule has 0 radical (unpaired) electrons. The highest BCUT2D eigenvalue weighted by Crippen LogP contribution is 2.36. The first-order valence-electron chi connectivity index (χ1n) is 13.3. The van der Waals surface area contributed by atoms with E-state index in [1.807, 2.05) is 45.0 Å². The molecule has 0 bridgehead atoms. The van der Waals surface area contributed by atoms with Crippen LogP contribution >= 0.6 is 0 Å². The molecule has 3 heterocycles. The largest absolute Gasteiger partial charge is 0.493 e. The highest BCUT2D eigenvalue weighted by atomic mass is 19.4. The van der Waals surface area contributed by atoms with Gasteiger partial charge in [-0.3, -0.25) is 0 Å². The number of para-hydroxylation sites is 2. The molecule has 1 aliphatic heterocycles. The Hall–Kier alpha value is -4.02. The average molecular weight is 556 g/mol. The van der Waals surface area contributed by atoms with E-state index in [9.17, 15) is 23.1 Å². The second-order valence-corrected chi connectivity index (χ2v) is 11.2. The average Bonchev–Trinajstić information content (AvgIpc) is 3.47. The Balaban J connectivity index is 1.39. The van der Waals surface area contributed by atoms with Gasteiger partial charge in [-0.1, -0.05) is 24.3 Å². The summed E-state index contributed by atoms with van der Waals surface area (Å²) >= 11 is 0. The summed E-state index contributed by atoms with van der Waals surface area (Å²) in [7, 11) is 0. The van der Waals surface area contributed by atoms with Crippen molar-refractivity contribution < 1.29 is 27.8 Å². The monoisotopic (exact) mass is 555 g/mol. The van der Waals surface area contributed by atoms with E-state index in [1.54, 1.807) is 4.90 Å². The number of carbonyl (C=O) groups excluding carboxylic acids is 1. The minimum absolute atomic E-state index is 0.111. The van der Waals surface area contributed by atoms with Crippen molar-refractivity contribution >= 4 is 17.1 Å². The van der Waals surface area contributed by atoms with Gasteiger partial charge in [-0.15, -0.1) is 0 Å². The third-order valence-electron chi connectivity index (χ3n) is 7.09. The molecule has 1 amide bonds. The predicted octanol–water partition coefficient (Wildman–Crippen LogP) is 6.72. The number of aromatic nitrogens is 4. The smallest absolute Gasteiger partial charge is 0.416 e. The highest BCUT2D eigenvalue weighted by molar-refractivity contribution is 5.76. The molecule has 4 aromatic rings. The molecule has 5 rings (SSSR count). The first-order chi connectivity index (χ1) is 18.9. The van der Waals surface area contributed by atoms with Gasteiger partial charge in [0.15, 0.2) is 0 Å². The number of rotatable bonds is 5. The number of piperidine rings is 1. The van der Waals surface area contributed by atoms with Gasteiger partial charge in [0, 0.05) is 24.2 Å². The third kappa shape index (κ3) is 5.93. The number of nitrogens with one attached hydrogen (secondary N) is 1. The Kier molecular flexibility index (Phi) is 7.24. The maximum absolute atomic E-state index is 13.2. The summed E-state index contributed by atoms with van der Waals surface area (Å²) in [6.45, 7) is 6.67. The molecular weight excluding hydrogens is 523 g/mol. The van der Waals surface area contributed by atoms with Gasteiger partial charge in [0.2, 0.25) is 11.8 Å². The number of H-pyrrole nitrogens is 1. The van der Waals surface area contributed by atoms with Crippen LogP contribution < -0.4 is 0 Å². The molecule has 8 nitrogen and oxygen atoms in total. The van der Waals surface area contributed by atoms with Crippen LogP contribution in [0.2, 0.25) is 0 Å². The van der Waals surface area contributed by atoms with Crippen molar-refractivity contribution in [2.24, 2.45) is 5.92 Å². The molecule has 1 fully saturated rings. The van der Waals surface area contributed by atoms with E-state index >= 15 is 0 Å². The molecule has 2 aromatic carbocycles. The number of hydrogen-bond acceptors (Lipinski definition) is 5. The predicted molar refractivity (Wildman–Crippen MR) is 144 cm³/mol. The number of halogens is 3. The zero-order valence-corrected chi connectivity index (χ0v) is 22.6. The summed E-state index contributed by atoms with van der Waals surface area (Å²) in [5.41, 5.74) is 1.56. The molecule has 1 saturated heterocycles. The van der Waals surface area contributed by atoms with Crippen molar-refractivity contribution in [1.82, 2.24) is 24.6 Å². The quantitative estimate of drug-likeness (QED) is 0.285. The normalized spacial score (nSPS) is 15.1. The van der Waals surface area contributed by atoms with E-state index < -0.39 is 17.3 Å². The number of ether oxygens (including phenoxy) is 1. The second-order valence-electron chi connectivity index (χ2n) is 11.2. The standard InChI is InChI=1S/C29H32F3N5O3/c1-28(2,3)40-27(39)36-16-14-18(15-17-36)8-13-21-24(19-9-11-20(12-10-19)29(30,31)32)35-37(25(21)38)26-33-22-6-4-5-7-23(22)34-26/h4-7,9-12,18,38H,8,13-17H2,1-3H3,(H,33,34). The Morgan fingerprint density at radius 2 is 1.75 bits per heavy atom. The zero-order chi connectivity index (χ0) is 28.7. The molecule has 11 heteroatoms. The fourth-order valence-electron chi connectivity index (χ4n) is 4.99. The number of aromatic amines is 1. The maximum Gasteiger partial charge on any atom is 0.416 e. The molecule has 0 spiro atoms. The number of carbonyl (C=O) groups is 1. The van der Waals surface area contributed by atoms with Gasteiger partial charge in [0.25, 0.3) is 0 Å². The molecule has 2 aromatic heterocycles. The molecular formula is C29H32F3N5O3. The minimum atomic E-state index is -4.45. The number of aromatic hydroxyl groups is 1. The number of benzene rings is 2. The van der Waals surface area contributed by atoms with Gasteiger partial charge in [-0.2, -0.15) is 23.0 Å². The zero-order valence-electron chi connectivity index (χ0n) is 22.6. The highest BCUT2D eigenvalue weighted by Gasteiger charge is 2.31. The van der Waals surface area contributed by atoms with E-state index in [2.05, 4.69) is 15.1 Å². The van der Waals surface area contributed by atoms with Crippen molar-refractivity contribution in [3.63, 3.8) is 0 Å². The molecule has 40 heavy (non-hydrogen) atoms. The fraction of sp³-hybridized carbons (Fsp3) is 0.414. The summed E-state index contributed by atoms with van der Waals surface area (Å²) in [6, 6.07) is 12.2. The van der Waals surface area contributed by atoms with Crippen molar-refractivity contribution in [2.75, 3.05) is 13.1 Å². The van der Waals surface area contributed by atoms with Crippen LogP contribution in [0.1, 0.15) is 51.2 Å². The summed E-state index contributed by atoms with van der Waals surface area (Å²) in [5.74, 6) is 0.497. The van der Waals surface area contributed by atoms with Crippen LogP contribution in [-0.2, 0) is 17.3 Å². The summed E-state index contributed by atoms with van der Waals surface area (Å²) in [5, 5.41) is 15.9. The van der Waals surface area contributed by atoms with Crippen LogP contribution in [0.3, 0.4) is 0 Å². The van der Waals surface area contributed by atoms with Gasteiger partial charge in [-0.25, -0.2) is 9.78 Å². The number of hydrogen-bond donors (Lipinski definition) is 2. The molecule has 0 saturated carbocycles. The molecule has 212 valence electrons. The van der Waals surface area contributed by atoms with E-state index in [-0.39, 0.29) is 12.0 Å². The first-order valence-corrected chi connectivity index (χ1v) is 13.3.